The van der Waals surface area contributed by atoms with E-state index < -0.39 is 37.1 Å². The van der Waals surface area contributed by atoms with Crippen LogP contribution in [0.3, 0.4) is 0 Å². The fourth-order valence-corrected chi connectivity index (χ4v) is 3.40. The Kier molecular flexibility index (Phi) is 6.06. The summed E-state index contributed by atoms with van der Waals surface area (Å²) in [5, 5.41) is 0. The van der Waals surface area contributed by atoms with Crippen LogP contribution in [-0.4, -0.2) is 38.1 Å². The second-order valence-electron chi connectivity index (χ2n) is 9.51. The molecule has 1 aliphatic rings. The molecule has 5 nitrogen and oxygen atoms in total. The zero-order chi connectivity index (χ0) is 21.4. The van der Waals surface area contributed by atoms with E-state index in [2.05, 4.69) is 31.1 Å². The first-order valence-electron chi connectivity index (χ1n) is 9.47. The van der Waals surface area contributed by atoms with Crippen LogP contribution in [0.4, 0.5) is 0 Å². The molecular weight excluding hydrogens is 372 g/mol. The van der Waals surface area contributed by atoms with Gasteiger partial charge in [0.15, 0.2) is 5.79 Å². The van der Waals surface area contributed by atoms with E-state index in [4.69, 9.17) is 18.9 Å². The normalized spacial score (nSPS) is 24.2. The van der Waals surface area contributed by atoms with Gasteiger partial charge < -0.3 is 18.9 Å². The molecule has 28 heavy (non-hydrogen) atoms. The van der Waals surface area contributed by atoms with E-state index in [1.54, 1.807) is 21.0 Å². The Labute approximate surface area is 169 Å². The lowest BCUT2D eigenvalue weighted by Gasteiger charge is -2.30. The van der Waals surface area contributed by atoms with Crippen molar-refractivity contribution in [2.45, 2.75) is 77.4 Å². The van der Waals surface area contributed by atoms with Crippen molar-refractivity contribution < 1.29 is 23.7 Å². The molecule has 1 aromatic carbocycles. The molecule has 0 radical (unpaired) electrons. The summed E-state index contributed by atoms with van der Waals surface area (Å²) in [6.45, 7) is 15.4. The lowest BCUT2D eigenvalue weighted by molar-refractivity contribution is -0.188. The minimum absolute atomic E-state index is 0.530. The minimum Gasteiger partial charge on any atom is -0.497 e. The molecule has 0 aliphatic carbocycles. The van der Waals surface area contributed by atoms with E-state index in [9.17, 15) is 4.79 Å². The molecule has 0 spiro atoms. The summed E-state index contributed by atoms with van der Waals surface area (Å²) >= 11 is 0. The molecule has 0 N–H and O–H groups in total. The molecule has 1 heterocycles. The molecule has 0 saturated carbocycles. The van der Waals surface area contributed by atoms with E-state index in [0.29, 0.717) is 0 Å². The van der Waals surface area contributed by atoms with E-state index in [1.165, 1.54) is 0 Å². The van der Waals surface area contributed by atoms with Crippen LogP contribution in [0.5, 0.6) is 5.75 Å². The van der Waals surface area contributed by atoms with Crippen molar-refractivity contribution in [1.29, 1.82) is 0 Å². The van der Waals surface area contributed by atoms with Crippen molar-refractivity contribution in [2.75, 3.05) is 7.11 Å². The summed E-state index contributed by atoms with van der Waals surface area (Å²) in [7, 11) is -0.183. The van der Waals surface area contributed by atoms with Gasteiger partial charge in [-0.15, -0.1) is 5.54 Å². The Morgan fingerprint density at radius 2 is 1.71 bits per heavy atom. The fraction of sp³-hybridized carbons (Fsp3) is 0.591. The van der Waals surface area contributed by atoms with Gasteiger partial charge in [0, 0.05) is 0 Å². The molecule has 1 saturated heterocycles. The number of hydrogen-bond donors (Lipinski definition) is 0. The van der Waals surface area contributed by atoms with E-state index in [1.807, 2.05) is 45.0 Å². The molecule has 6 heteroatoms. The number of ether oxygens (including phenoxy) is 4. The molecule has 154 valence electrons. The first kappa shape index (κ1) is 22.5. The minimum atomic E-state index is -1.79. The Morgan fingerprint density at radius 3 is 2.18 bits per heavy atom. The molecule has 0 bridgehead atoms. The molecule has 1 fully saturated rings. The van der Waals surface area contributed by atoms with Gasteiger partial charge in [0.1, 0.15) is 25.5 Å². The van der Waals surface area contributed by atoms with Crippen molar-refractivity contribution in [1.82, 2.24) is 0 Å². The quantitative estimate of drug-likeness (QED) is 0.422. The van der Waals surface area contributed by atoms with Crippen molar-refractivity contribution >= 4 is 14.0 Å². The monoisotopic (exact) mass is 404 g/mol. The molecule has 2 atom stereocenters. The van der Waals surface area contributed by atoms with E-state index >= 15 is 0 Å². The first-order valence-corrected chi connectivity index (χ1v) is 13.0. The Bertz CT molecular complexity index is 774. The number of carbonyl (C=O) groups is 1. The Morgan fingerprint density at radius 1 is 1.14 bits per heavy atom. The van der Waals surface area contributed by atoms with Crippen molar-refractivity contribution in [2.24, 2.45) is 0 Å². The summed E-state index contributed by atoms with van der Waals surface area (Å²) in [5.41, 5.74) is 1.86. The maximum Gasteiger partial charge on any atom is 0.355 e. The van der Waals surface area contributed by atoms with Crippen molar-refractivity contribution in [3.05, 3.63) is 29.8 Å². The van der Waals surface area contributed by atoms with Gasteiger partial charge in [0.25, 0.3) is 5.60 Å². The first-order chi connectivity index (χ1) is 12.7. The zero-order valence-corrected chi connectivity index (χ0v) is 19.4. The second-order valence-corrected chi connectivity index (χ2v) is 14.3. The summed E-state index contributed by atoms with van der Waals surface area (Å²) < 4.78 is 23.3. The van der Waals surface area contributed by atoms with Gasteiger partial charge in [-0.1, -0.05) is 37.7 Å². The second kappa shape index (κ2) is 7.55. The average Bonchev–Trinajstić information content (AvgIpc) is 2.83. The smallest absolute Gasteiger partial charge is 0.355 e. The van der Waals surface area contributed by atoms with Crippen LogP contribution in [0.1, 0.15) is 46.3 Å². The maximum atomic E-state index is 13.4. The highest BCUT2D eigenvalue weighted by Gasteiger charge is 2.60. The highest BCUT2D eigenvalue weighted by molar-refractivity contribution is 6.83. The Hall–Kier alpha value is -1.81. The topological polar surface area (TPSA) is 54.0 Å². The molecule has 0 amide bonds. The average molecular weight is 405 g/mol. The predicted octanol–water partition coefficient (Wildman–Crippen LogP) is 4.48. The highest BCUT2D eigenvalue weighted by atomic mass is 28.3. The van der Waals surface area contributed by atoms with Gasteiger partial charge >= 0.3 is 5.97 Å². The summed E-state index contributed by atoms with van der Waals surface area (Å²) in [5.74, 6) is 2.35. The van der Waals surface area contributed by atoms with Gasteiger partial charge in [-0.25, -0.2) is 4.79 Å². The van der Waals surface area contributed by atoms with Crippen molar-refractivity contribution in [3.63, 3.8) is 0 Å². The van der Waals surface area contributed by atoms with Gasteiger partial charge in [0.2, 0.25) is 0 Å². The third kappa shape index (κ3) is 5.37. The molecule has 1 aliphatic heterocycles. The third-order valence-corrected chi connectivity index (χ3v) is 4.80. The SMILES string of the molecule is COc1ccc([C@@H]2OC(C)(C)O[C@]2(C#C[Si](C)(C)C)C(=O)OC(C)(C)C)cc1. The summed E-state index contributed by atoms with van der Waals surface area (Å²) in [6, 6.07) is 7.39. The number of benzene rings is 1. The van der Waals surface area contributed by atoms with Crippen LogP contribution in [0.25, 0.3) is 0 Å². The predicted molar refractivity (Wildman–Crippen MR) is 112 cm³/mol. The third-order valence-electron chi connectivity index (χ3n) is 3.92. The number of methoxy groups -OCH3 is 1. The zero-order valence-electron chi connectivity index (χ0n) is 18.4. The lowest BCUT2D eigenvalue weighted by Crippen LogP contribution is -2.47. The summed E-state index contributed by atoms with van der Waals surface area (Å²) in [4.78, 5) is 13.4. The number of esters is 1. The van der Waals surface area contributed by atoms with Gasteiger partial charge in [-0.2, -0.15) is 0 Å². The lowest BCUT2D eigenvalue weighted by atomic mass is 9.91. The van der Waals surface area contributed by atoms with Crippen LogP contribution >= 0.6 is 0 Å². The highest BCUT2D eigenvalue weighted by Crippen LogP contribution is 2.47. The molecule has 0 aromatic heterocycles. The van der Waals surface area contributed by atoms with Crippen LogP contribution in [0.2, 0.25) is 19.6 Å². The molecular formula is C22H32O5Si. The summed E-state index contributed by atoms with van der Waals surface area (Å²) in [6.07, 6.45) is -0.716. The van der Waals surface area contributed by atoms with Crippen LogP contribution in [-0.2, 0) is 19.0 Å². The van der Waals surface area contributed by atoms with Crippen LogP contribution in [0.15, 0.2) is 24.3 Å². The largest absolute Gasteiger partial charge is 0.497 e. The number of carbonyl (C=O) groups excluding carboxylic acids is 1. The van der Waals surface area contributed by atoms with E-state index in [-0.39, 0.29) is 0 Å². The van der Waals surface area contributed by atoms with Gasteiger partial charge in [-0.3, -0.25) is 0 Å². The number of rotatable bonds is 3. The van der Waals surface area contributed by atoms with Crippen LogP contribution < -0.4 is 4.74 Å². The van der Waals surface area contributed by atoms with Gasteiger partial charge in [0.05, 0.1) is 7.11 Å². The molecule has 2 rings (SSSR count). The standard InChI is InChI=1S/C22H32O5Si/c1-20(2,3)26-19(23)22(14-15-28(7,8)9)18(25-21(4,5)27-22)16-10-12-17(24-6)13-11-16/h10-13,18H,1-9H3/t18-,22-/m0/s1. The fourth-order valence-electron chi connectivity index (χ4n) is 2.84. The number of hydrogen-bond acceptors (Lipinski definition) is 5. The Balaban J connectivity index is 2.62. The van der Waals surface area contributed by atoms with Crippen LogP contribution in [0, 0.1) is 11.5 Å². The molecule has 1 aromatic rings. The van der Waals surface area contributed by atoms with Crippen molar-refractivity contribution in [3.8, 4) is 17.2 Å². The molecule has 0 unspecified atom stereocenters. The van der Waals surface area contributed by atoms with E-state index in [0.717, 1.165) is 11.3 Å². The van der Waals surface area contributed by atoms with Gasteiger partial charge in [-0.05, 0) is 52.3 Å². The maximum absolute atomic E-state index is 13.4.